The molecule has 2 fully saturated rings. The van der Waals surface area contributed by atoms with Crippen molar-refractivity contribution in [1.82, 2.24) is 10.2 Å². The van der Waals surface area contributed by atoms with Gasteiger partial charge in [-0.25, -0.2) is 0 Å². The molecule has 0 aliphatic carbocycles. The third kappa shape index (κ3) is 2.70. The van der Waals surface area contributed by atoms with E-state index in [1.54, 1.807) is 30.0 Å². The van der Waals surface area contributed by atoms with Gasteiger partial charge in [0.25, 0.3) is 11.6 Å². The third-order valence-electron chi connectivity index (χ3n) is 4.96. The first kappa shape index (κ1) is 15.0. The quantitative estimate of drug-likeness (QED) is 0.669. The van der Waals surface area contributed by atoms with E-state index < -0.39 is 4.92 Å². The molecule has 0 radical (unpaired) electrons. The number of nitrogens with one attached hydrogen (secondary N) is 1. The second-order valence-electron chi connectivity index (χ2n) is 6.28. The van der Waals surface area contributed by atoms with Gasteiger partial charge in [0.1, 0.15) is 5.56 Å². The number of benzene rings is 1. The Kier molecular flexibility index (Phi) is 4.11. The molecule has 2 aliphatic rings. The maximum absolute atomic E-state index is 12.8. The molecule has 0 spiro atoms. The summed E-state index contributed by atoms with van der Waals surface area (Å²) < 4.78 is 0. The Balaban J connectivity index is 1.82. The highest BCUT2D eigenvalue weighted by atomic mass is 16.6. The molecule has 22 heavy (non-hydrogen) atoms. The van der Waals surface area contributed by atoms with E-state index in [4.69, 9.17) is 0 Å². The molecular weight excluding hydrogens is 282 g/mol. The van der Waals surface area contributed by atoms with E-state index >= 15 is 0 Å². The molecule has 0 unspecified atom stereocenters. The largest absolute Gasteiger partial charge is 0.338 e. The van der Waals surface area contributed by atoms with Crippen LogP contribution in [0.15, 0.2) is 18.2 Å². The van der Waals surface area contributed by atoms with E-state index in [0.29, 0.717) is 30.5 Å². The molecule has 2 heterocycles. The second-order valence-corrected chi connectivity index (χ2v) is 6.28. The predicted octanol–water partition coefficient (Wildman–Crippen LogP) is 1.97. The summed E-state index contributed by atoms with van der Waals surface area (Å²) in [6, 6.07) is 4.96. The van der Waals surface area contributed by atoms with Crippen LogP contribution >= 0.6 is 0 Å². The van der Waals surface area contributed by atoms with Gasteiger partial charge >= 0.3 is 0 Å². The Bertz CT molecular complexity index is 588. The van der Waals surface area contributed by atoms with Crippen molar-refractivity contribution in [3.05, 3.63) is 39.4 Å². The third-order valence-corrected chi connectivity index (χ3v) is 4.96. The van der Waals surface area contributed by atoms with Gasteiger partial charge in [0.05, 0.1) is 4.92 Å². The Morgan fingerprint density at radius 1 is 1.27 bits per heavy atom. The minimum Gasteiger partial charge on any atom is -0.338 e. The van der Waals surface area contributed by atoms with Crippen molar-refractivity contribution < 1.29 is 9.72 Å². The van der Waals surface area contributed by atoms with Crippen LogP contribution in [0.3, 0.4) is 0 Å². The summed E-state index contributed by atoms with van der Waals surface area (Å²) in [5.41, 5.74) is 0.695. The minimum atomic E-state index is -0.445. The van der Waals surface area contributed by atoms with Crippen LogP contribution in [-0.4, -0.2) is 41.9 Å². The number of aryl methyl sites for hydroxylation is 1. The highest BCUT2D eigenvalue weighted by molar-refractivity contribution is 5.98. The Morgan fingerprint density at radius 3 is 2.50 bits per heavy atom. The van der Waals surface area contributed by atoms with E-state index in [9.17, 15) is 14.9 Å². The fourth-order valence-electron chi connectivity index (χ4n) is 3.67. The van der Waals surface area contributed by atoms with Gasteiger partial charge in [-0.15, -0.1) is 0 Å². The van der Waals surface area contributed by atoms with Crippen molar-refractivity contribution in [3.63, 3.8) is 0 Å². The van der Waals surface area contributed by atoms with Crippen molar-refractivity contribution in [2.45, 2.75) is 19.8 Å². The highest BCUT2D eigenvalue weighted by Gasteiger charge is 2.33. The molecule has 1 aromatic rings. The van der Waals surface area contributed by atoms with Gasteiger partial charge in [0.2, 0.25) is 0 Å². The van der Waals surface area contributed by atoms with Crippen LogP contribution in [0.2, 0.25) is 0 Å². The molecule has 2 aliphatic heterocycles. The predicted molar refractivity (Wildman–Crippen MR) is 82.8 cm³/mol. The average Bonchev–Trinajstić information content (AvgIpc) is 2.84. The lowest BCUT2D eigenvalue weighted by Crippen LogP contribution is -2.33. The maximum Gasteiger partial charge on any atom is 0.285 e. The number of hydrogen-bond donors (Lipinski definition) is 1. The molecule has 3 rings (SSSR count). The van der Waals surface area contributed by atoms with Crippen LogP contribution in [0, 0.1) is 28.9 Å². The number of para-hydroxylation sites is 1. The van der Waals surface area contributed by atoms with E-state index in [-0.39, 0.29) is 17.2 Å². The molecule has 2 atom stereocenters. The van der Waals surface area contributed by atoms with Gasteiger partial charge in [0.15, 0.2) is 0 Å². The number of nitro groups is 1. The molecule has 1 aromatic carbocycles. The molecule has 6 heteroatoms. The number of hydrogen-bond acceptors (Lipinski definition) is 4. The lowest BCUT2D eigenvalue weighted by atomic mass is 9.92. The zero-order valence-corrected chi connectivity index (χ0v) is 12.7. The summed E-state index contributed by atoms with van der Waals surface area (Å²) in [6.45, 7) is 5.10. The average molecular weight is 303 g/mol. The minimum absolute atomic E-state index is 0.0568. The first-order valence-electron chi connectivity index (χ1n) is 7.82. The number of nitrogens with zero attached hydrogens (tertiary/aromatic N) is 2. The van der Waals surface area contributed by atoms with Gasteiger partial charge < -0.3 is 10.2 Å². The topological polar surface area (TPSA) is 75.5 Å². The fourth-order valence-corrected chi connectivity index (χ4v) is 3.67. The normalized spacial score (nSPS) is 24.7. The maximum atomic E-state index is 12.8. The molecular formula is C16H21N3O3. The van der Waals surface area contributed by atoms with Crippen molar-refractivity contribution in [2.75, 3.05) is 26.2 Å². The summed E-state index contributed by atoms with van der Waals surface area (Å²) in [7, 11) is 0. The first-order valence-corrected chi connectivity index (χ1v) is 7.82. The van der Waals surface area contributed by atoms with E-state index in [1.807, 2.05) is 0 Å². The second kappa shape index (κ2) is 6.04. The lowest BCUT2D eigenvalue weighted by Gasteiger charge is -2.21. The highest BCUT2D eigenvalue weighted by Crippen LogP contribution is 2.29. The lowest BCUT2D eigenvalue weighted by molar-refractivity contribution is -0.385. The van der Waals surface area contributed by atoms with Gasteiger partial charge in [-0.3, -0.25) is 14.9 Å². The molecule has 118 valence electrons. The zero-order chi connectivity index (χ0) is 15.7. The van der Waals surface area contributed by atoms with Gasteiger partial charge in [-0.05, 0) is 50.8 Å². The molecule has 0 bridgehead atoms. The number of carbonyl (C=O) groups is 1. The standard InChI is InChI=1S/C16H21N3O3/c1-11-3-2-4-14(15(11)19(21)22)16(20)18-7-5-12-9-17-10-13(12)6-8-18/h2-4,12-13,17H,5-10H2,1H3/t12-,13+. The van der Waals surface area contributed by atoms with Gasteiger partial charge in [0, 0.05) is 18.7 Å². The number of rotatable bonds is 2. The molecule has 0 saturated carbocycles. The Morgan fingerprint density at radius 2 is 1.91 bits per heavy atom. The summed E-state index contributed by atoms with van der Waals surface area (Å²) in [6.07, 6.45) is 1.95. The van der Waals surface area contributed by atoms with Crippen LogP contribution < -0.4 is 5.32 Å². The first-order chi connectivity index (χ1) is 10.6. The van der Waals surface area contributed by atoms with Crippen LogP contribution in [0.5, 0.6) is 0 Å². The number of carbonyl (C=O) groups excluding carboxylic acids is 1. The molecule has 6 nitrogen and oxygen atoms in total. The van der Waals surface area contributed by atoms with E-state index in [1.165, 1.54) is 0 Å². The van der Waals surface area contributed by atoms with Crippen molar-refractivity contribution in [1.29, 1.82) is 0 Å². The summed E-state index contributed by atoms with van der Waals surface area (Å²) >= 11 is 0. The Hall–Kier alpha value is -1.95. The SMILES string of the molecule is Cc1cccc(C(=O)N2CC[C@@H]3CNC[C@@H]3CC2)c1[N+](=O)[O-]. The summed E-state index contributed by atoms with van der Waals surface area (Å²) in [4.78, 5) is 25.4. The van der Waals surface area contributed by atoms with Crippen LogP contribution in [0.25, 0.3) is 0 Å². The van der Waals surface area contributed by atoms with Crippen molar-refractivity contribution in [3.8, 4) is 0 Å². The monoisotopic (exact) mass is 303 g/mol. The summed E-state index contributed by atoms with van der Waals surface area (Å²) in [5, 5.41) is 14.7. The number of amides is 1. The molecule has 0 aromatic heterocycles. The smallest absolute Gasteiger partial charge is 0.285 e. The number of fused-ring (bicyclic) bond motifs is 1. The summed E-state index contributed by atoms with van der Waals surface area (Å²) in [5.74, 6) is 1.05. The number of nitro benzene ring substituents is 1. The zero-order valence-electron chi connectivity index (χ0n) is 12.7. The van der Waals surface area contributed by atoms with Crippen molar-refractivity contribution in [2.24, 2.45) is 11.8 Å². The van der Waals surface area contributed by atoms with Crippen LogP contribution in [0.1, 0.15) is 28.8 Å². The van der Waals surface area contributed by atoms with Gasteiger partial charge in [-0.1, -0.05) is 12.1 Å². The van der Waals surface area contributed by atoms with Crippen LogP contribution in [0.4, 0.5) is 5.69 Å². The van der Waals surface area contributed by atoms with E-state index in [0.717, 1.165) is 25.9 Å². The van der Waals surface area contributed by atoms with Crippen molar-refractivity contribution >= 4 is 11.6 Å². The van der Waals surface area contributed by atoms with Gasteiger partial charge in [-0.2, -0.15) is 0 Å². The fraction of sp³-hybridized carbons (Fsp3) is 0.562. The Labute approximate surface area is 129 Å². The van der Waals surface area contributed by atoms with E-state index in [2.05, 4.69) is 5.32 Å². The molecule has 2 saturated heterocycles. The molecule has 1 amide bonds. The number of likely N-dealkylation sites (tertiary alicyclic amines) is 1. The molecule has 1 N–H and O–H groups in total. The van der Waals surface area contributed by atoms with Crippen LogP contribution in [-0.2, 0) is 0 Å².